The molecule has 0 bridgehead atoms. The van der Waals surface area contributed by atoms with E-state index in [0.29, 0.717) is 18.3 Å². The molecule has 0 aliphatic heterocycles. The maximum atomic E-state index is 10.4. The topological polar surface area (TPSA) is 20.1 Å². The number of rotatable bonds is 9. The number of carbonyl (C=O) groups excluding carboxylic acids is 1. The molecule has 0 spiro atoms. The molecule has 0 amide bonds. The van der Waals surface area contributed by atoms with Gasteiger partial charge in [0.1, 0.15) is 13.0 Å². The van der Waals surface area contributed by atoms with Crippen LogP contribution in [0.25, 0.3) is 0 Å². The lowest BCUT2D eigenvalue weighted by atomic mass is 9.93. The van der Waals surface area contributed by atoms with E-state index < -0.39 is 0 Å². The summed E-state index contributed by atoms with van der Waals surface area (Å²) in [5.74, 6) is 0.943. The predicted octanol–water partition coefficient (Wildman–Crippen LogP) is 3.82. The van der Waals surface area contributed by atoms with Gasteiger partial charge in [0.05, 0.1) is 0 Å². The predicted molar refractivity (Wildman–Crippen MR) is 79.0 cm³/mol. The minimum atomic E-state index is 0.179. The Bertz CT molecular complexity index is 328. The molecule has 0 aliphatic rings. The molecule has 0 fully saturated rings. The van der Waals surface area contributed by atoms with Gasteiger partial charge >= 0.3 is 0 Å². The summed E-state index contributed by atoms with van der Waals surface area (Å²) in [4.78, 5) is 10.4. The zero-order valence-corrected chi connectivity index (χ0v) is 12.4. The molecule has 0 heterocycles. The molecule has 18 heavy (non-hydrogen) atoms. The first-order valence-corrected chi connectivity index (χ1v) is 6.70. The largest absolute Gasteiger partial charge is 0.303 e. The Morgan fingerprint density at radius 3 is 2.22 bits per heavy atom. The Morgan fingerprint density at radius 1 is 1.28 bits per heavy atom. The smallest absolute Gasteiger partial charge is 0.178 e. The SMILES string of the molecule is C=C(C)[C@H](CCCC=O)[N+](=C)C(=C)[C@@H](C)C(C)C. The highest BCUT2D eigenvalue weighted by Gasteiger charge is 2.27. The molecular formula is C16H28NO+. The molecule has 2 heteroatoms. The fourth-order valence-corrected chi connectivity index (χ4v) is 1.91. The summed E-state index contributed by atoms with van der Waals surface area (Å²) in [5.41, 5.74) is 2.12. The van der Waals surface area contributed by atoms with Crippen LogP contribution in [0.2, 0.25) is 0 Å². The van der Waals surface area contributed by atoms with E-state index in [9.17, 15) is 4.79 Å². The van der Waals surface area contributed by atoms with Gasteiger partial charge in [0.2, 0.25) is 0 Å². The minimum Gasteiger partial charge on any atom is -0.303 e. The second-order valence-electron chi connectivity index (χ2n) is 5.45. The Hall–Kier alpha value is -1.18. The molecule has 0 aromatic rings. The van der Waals surface area contributed by atoms with Gasteiger partial charge in [-0.1, -0.05) is 27.4 Å². The van der Waals surface area contributed by atoms with E-state index in [2.05, 4.69) is 40.6 Å². The highest BCUT2D eigenvalue weighted by molar-refractivity contribution is 5.49. The molecule has 0 aromatic carbocycles. The number of hydrogen-bond acceptors (Lipinski definition) is 1. The molecule has 0 rings (SSSR count). The average Bonchev–Trinajstić information content (AvgIpc) is 2.31. The summed E-state index contributed by atoms with van der Waals surface area (Å²) < 4.78 is 1.98. The maximum absolute atomic E-state index is 10.4. The lowest BCUT2D eigenvalue weighted by Crippen LogP contribution is -2.29. The van der Waals surface area contributed by atoms with Gasteiger partial charge in [0.25, 0.3) is 0 Å². The Morgan fingerprint density at radius 2 is 1.83 bits per heavy atom. The van der Waals surface area contributed by atoms with Crippen molar-refractivity contribution < 1.29 is 9.37 Å². The quantitative estimate of drug-likeness (QED) is 0.200. The molecule has 2 atom stereocenters. The van der Waals surface area contributed by atoms with Gasteiger partial charge < -0.3 is 4.79 Å². The molecule has 0 aliphatic carbocycles. The van der Waals surface area contributed by atoms with Gasteiger partial charge in [0, 0.05) is 18.8 Å². The molecule has 0 N–H and O–H groups in total. The average molecular weight is 250 g/mol. The number of carbonyl (C=O) groups is 1. The molecule has 2 nitrogen and oxygen atoms in total. The zero-order valence-electron chi connectivity index (χ0n) is 12.4. The number of nitrogens with zero attached hydrogens (tertiary/aromatic N) is 1. The van der Waals surface area contributed by atoms with Crippen LogP contribution in [-0.4, -0.2) is 23.6 Å². The standard InChI is InChI=1S/C16H28NO/c1-12(2)14(5)15(6)17(7)16(13(3)4)10-8-9-11-18/h11-12,14,16H,3,6-10H2,1-2,4-5H3/q+1/t14-,16-/m0/s1. The summed E-state index contributed by atoms with van der Waals surface area (Å²) in [6.45, 7) is 20.9. The van der Waals surface area contributed by atoms with E-state index in [1.54, 1.807) is 0 Å². The van der Waals surface area contributed by atoms with E-state index in [1.165, 1.54) is 0 Å². The summed E-state index contributed by atoms with van der Waals surface area (Å²) >= 11 is 0. The van der Waals surface area contributed by atoms with Crippen LogP contribution in [0.1, 0.15) is 47.0 Å². The van der Waals surface area contributed by atoms with Crippen molar-refractivity contribution in [2.24, 2.45) is 11.8 Å². The summed E-state index contributed by atoms with van der Waals surface area (Å²) in [6.07, 6.45) is 3.34. The monoisotopic (exact) mass is 250 g/mol. The first-order valence-electron chi connectivity index (χ1n) is 6.70. The van der Waals surface area contributed by atoms with Crippen LogP contribution in [0.4, 0.5) is 0 Å². The van der Waals surface area contributed by atoms with E-state index >= 15 is 0 Å². The van der Waals surface area contributed by atoms with Crippen molar-refractivity contribution in [1.29, 1.82) is 0 Å². The first kappa shape index (κ1) is 16.8. The van der Waals surface area contributed by atoms with Gasteiger partial charge in [-0.3, -0.25) is 0 Å². The van der Waals surface area contributed by atoms with Gasteiger partial charge in [-0.15, -0.1) is 0 Å². The molecule has 0 radical (unpaired) electrons. The third-order valence-corrected chi connectivity index (χ3v) is 3.64. The zero-order chi connectivity index (χ0) is 14.3. The Labute approximate surface area is 112 Å². The van der Waals surface area contributed by atoms with Crippen molar-refractivity contribution in [1.82, 2.24) is 0 Å². The fourth-order valence-electron chi connectivity index (χ4n) is 1.91. The lowest BCUT2D eigenvalue weighted by molar-refractivity contribution is -0.508. The second-order valence-corrected chi connectivity index (χ2v) is 5.45. The van der Waals surface area contributed by atoms with Crippen LogP contribution in [0.15, 0.2) is 24.4 Å². The molecule has 0 saturated heterocycles. The number of hydrogen-bond donors (Lipinski definition) is 0. The van der Waals surface area contributed by atoms with Gasteiger partial charge in [-0.25, -0.2) is 4.58 Å². The Kier molecular flexibility index (Phi) is 7.49. The van der Waals surface area contributed by atoms with Gasteiger partial charge in [0.15, 0.2) is 11.7 Å². The molecule has 102 valence electrons. The highest BCUT2D eigenvalue weighted by atomic mass is 16.1. The number of allylic oxidation sites excluding steroid dienone is 1. The number of unbranched alkanes of at least 4 members (excludes halogenated alkanes) is 1. The second kappa shape index (κ2) is 8.02. The normalized spacial score (nSPS) is 14.1. The summed E-state index contributed by atoms with van der Waals surface area (Å²) in [6, 6.07) is 0.179. The van der Waals surface area contributed by atoms with Crippen LogP contribution >= 0.6 is 0 Å². The first-order chi connectivity index (χ1) is 8.32. The minimum absolute atomic E-state index is 0.179. The van der Waals surface area contributed by atoms with Crippen molar-refractivity contribution in [3.05, 3.63) is 24.4 Å². The van der Waals surface area contributed by atoms with Crippen LogP contribution < -0.4 is 0 Å². The van der Waals surface area contributed by atoms with Crippen molar-refractivity contribution in [3.8, 4) is 0 Å². The summed E-state index contributed by atoms with van der Waals surface area (Å²) in [5, 5.41) is 0. The summed E-state index contributed by atoms with van der Waals surface area (Å²) in [7, 11) is 0. The number of aldehydes is 1. The van der Waals surface area contributed by atoms with E-state index in [-0.39, 0.29) is 6.04 Å². The van der Waals surface area contributed by atoms with Crippen molar-refractivity contribution in [3.63, 3.8) is 0 Å². The molecule has 0 aromatic heterocycles. The van der Waals surface area contributed by atoms with Gasteiger partial charge in [-0.2, -0.15) is 0 Å². The highest BCUT2D eigenvalue weighted by Crippen LogP contribution is 2.23. The Balaban J connectivity index is 4.70. The van der Waals surface area contributed by atoms with Crippen molar-refractivity contribution >= 4 is 13.0 Å². The maximum Gasteiger partial charge on any atom is 0.178 e. The molecule has 0 unspecified atom stereocenters. The molecule has 0 saturated carbocycles. The van der Waals surface area contributed by atoms with E-state index in [0.717, 1.165) is 30.4 Å². The third kappa shape index (κ3) is 4.99. The van der Waals surface area contributed by atoms with Gasteiger partial charge in [-0.05, 0) is 31.4 Å². The molecular weight excluding hydrogens is 222 g/mol. The third-order valence-electron chi connectivity index (χ3n) is 3.64. The van der Waals surface area contributed by atoms with Crippen LogP contribution in [0.5, 0.6) is 0 Å². The van der Waals surface area contributed by atoms with Crippen LogP contribution in [0.3, 0.4) is 0 Å². The van der Waals surface area contributed by atoms with E-state index in [4.69, 9.17) is 0 Å². The van der Waals surface area contributed by atoms with Crippen LogP contribution in [0, 0.1) is 11.8 Å². The van der Waals surface area contributed by atoms with Crippen molar-refractivity contribution in [2.75, 3.05) is 0 Å². The van der Waals surface area contributed by atoms with Crippen molar-refractivity contribution in [2.45, 2.75) is 53.0 Å². The fraction of sp³-hybridized carbons (Fsp3) is 0.625. The lowest BCUT2D eigenvalue weighted by Gasteiger charge is -2.21. The van der Waals surface area contributed by atoms with E-state index in [1.807, 2.05) is 11.5 Å². The van der Waals surface area contributed by atoms with Crippen LogP contribution in [-0.2, 0) is 4.79 Å².